The summed E-state index contributed by atoms with van der Waals surface area (Å²) in [5.41, 5.74) is 1.79. The van der Waals surface area contributed by atoms with Crippen molar-refractivity contribution in [1.29, 1.82) is 0 Å². The Morgan fingerprint density at radius 2 is 2.15 bits per heavy atom. The molecule has 0 saturated heterocycles. The zero-order chi connectivity index (χ0) is 14.5. The highest BCUT2D eigenvalue weighted by Gasteiger charge is 2.09. The van der Waals surface area contributed by atoms with Crippen LogP contribution < -0.4 is 10.1 Å². The molecule has 2 rings (SSSR count). The van der Waals surface area contributed by atoms with E-state index in [4.69, 9.17) is 16.3 Å². The van der Waals surface area contributed by atoms with E-state index in [-0.39, 0.29) is 11.7 Å². The molecule has 0 saturated carbocycles. The van der Waals surface area contributed by atoms with Crippen LogP contribution in [0.1, 0.15) is 18.1 Å². The summed E-state index contributed by atoms with van der Waals surface area (Å²) in [6, 6.07) is 6.15. The number of halogens is 2. The van der Waals surface area contributed by atoms with Gasteiger partial charge in [-0.05, 0) is 36.7 Å². The van der Waals surface area contributed by atoms with E-state index in [0.29, 0.717) is 17.3 Å². The van der Waals surface area contributed by atoms with Crippen LogP contribution in [0.4, 0.5) is 4.39 Å². The predicted octanol–water partition coefficient (Wildman–Crippen LogP) is 4.08. The number of nitrogens with one attached hydrogen (secondary N) is 1. The molecule has 3 nitrogen and oxygen atoms in total. The minimum atomic E-state index is -0.356. The third-order valence-electron chi connectivity index (χ3n) is 2.80. The van der Waals surface area contributed by atoms with E-state index in [1.165, 1.54) is 12.1 Å². The third kappa shape index (κ3) is 3.68. The van der Waals surface area contributed by atoms with Gasteiger partial charge in [-0.15, -0.1) is 0 Å². The summed E-state index contributed by atoms with van der Waals surface area (Å²) in [6.07, 6.45) is 1.69. The standard InChI is InChI=1S/C15H16ClFN2O/c1-3-18-8-11-6-13(16)15(19-9-11)20-14-7-12(17)5-4-10(14)2/h4-7,9,18H,3,8H2,1-2H3. The maximum absolute atomic E-state index is 13.2. The van der Waals surface area contributed by atoms with Gasteiger partial charge in [-0.1, -0.05) is 24.6 Å². The maximum Gasteiger partial charge on any atom is 0.238 e. The number of aryl methyl sites for hydroxylation is 1. The average Bonchev–Trinajstić information content (AvgIpc) is 2.43. The van der Waals surface area contributed by atoms with Gasteiger partial charge >= 0.3 is 0 Å². The Labute approximate surface area is 122 Å². The maximum atomic E-state index is 13.2. The van der Waals surface area contributed by atoms with E-state index in [1.807, 2.05) is 13.8 Å². The van der Waals surface area contributed by atoms with Gasteiger partial charge in [0.1, 0.15) is 16.6 Å². The number of aromatic nitrogens is 1. The Bertz CT molecular complexity index is 604. The lowest BCUT2D eigenvalue weighted by Crippen LogP contribution is -2.11. The molecule has 0 aliphatic carbocycles. The van der Waals surface area contributed by atoms with Crippen LogP contribution in [0.25, 0.3) is 0 Å². The van der Waals surface area contributed by atoms with Crippen molar-refractivity contribution < 1.29 is 9.13 Å². The smallest absolute Gasteiger partial charge is 0.238 e. The molecular formula is C15H16ClFN2O. The normalized spacial score (nSPS) is 10.6. The van der Waals surface area contributed by atoms with Gasteiger partial charge in [-0.2, -0.15) is 0 Å². The Hall–Kier alpha value is -1.65. The Morgan fingerprint density at radius 3 is 2.85 bits per heavy atom. The average molecular weight is 295 g/mol. The van der Waals surface area contributed by atoms with Gasteiger partial charge in [0.05, 0.1) is 0 Å². The van der Waals surface area contributed by atoms with Gasteiger partial charge in [0.25, 0.3) is 0 Å². The molecule has 1 aromatic carbocycles. The lowest BCUT2D eigenvalue weighted by Gasteiger charge is -2.10. The minimum Gasteiger partial charge on any atom is -0.437 e. The number of pyridine rings is 1. The molecule has 1 N–H and O–H groups in total. The zero-order valence-corrected chi connectivity index (χ0v) is 12.2. The van der Waals surface area contributed by atoms with Crippen molar-refractivity contribution in [2.45, 2.75) is 20.4 Å². The summed E-state index contributed by atoms with van der Waals surface area (Å²) in [5, 5.41) is 3.60. The quantitative estimate of drug-likeness (QED) is 0.902. The Balaban J connectivity index is 2.19. The molecule has 0 amide bonds. The third-order valence-corrected chi connectivity index (χ3v) is 3.07. The lowest BCUT2D eigenvalue weighted by atomic mass is 10.2. The molecule has 20 heavy (non-hydrogen) atoms. The molecule has 0 spiro atoms. The SMILES string of the molecule is CCNCc1cnc(Oc2cc(F)ccc2C)c(Cl)c1. The number of benzene rings is 1. The fraction of sp³-hybridized carbons (Fsp3) is 0.267. The van der Waals surface area contributed by atoms with E-state index < -0.39 is 0 Å². The van der Waals surface area contributed by atoms with Crippen LogP contribution in [0, 0.1) is 12.7 Å². The molecule has 2 aromatic rings. The first-order valence-electron chi connectivity index (χ1n) is 6.39. The van der Waals surface area contributed by atoms with Crippen LogP contribution in [0.2, 0.25) is 5.02 Å². The van der Waals surface area contributed by atoms with E-state index >= 15 is 0 Å². The molecule has 0 fully saturated rings. The van der Waals surface area contributed by atoms with E-state index in [0.717, 1.165) is 17.7 Å². The minimum absolute atomic E-state index is 0.278. The van der Waals surface area contributed by atoms with E-state index in [1.54, 1.807) is 18.3 Å². The van der Waals surface area contributed by atoms with Crippen molar-refractivity contribution in [1.82, 2.24) is 10.3 Å². The Morgan fingerprint density at radius 1 is 1.35 bits per heavy atom. The number of hydrogen-bond donors (Lipinski definition) is 1. The monoisotopic (exact) mass is 294 g/mol. The van der Waals surface area contributed by atoms with Crippen LogP contribution in [-0.4, -0.2) is 11.5 Å². The van der Waals surface area contributed by atoms with Crippen molar-refractivity contribution in [3.63, 3.8) is 0 Å². The number of rotatable bonds is 5. The van der Waals surface area contributed by atoms with Crippen molar-refractivity contribution in [3.05, 3.63) is 52.4 Å². The summed E-state index contributed by atoms with van der Waals surface area (Å²) in [4.78, 5) is 4.18. The molecule has 0 bridgehead atoms. The summed E-state index contributed by atoms with van der Waals surface area (Å²) in [6.45, 7) is 5.43. The lowest BCUT2D eigenvalue weighted by molar-refractivity contribution is 0.454. The van der Waals surface area contributed by atoms with Crippen LogP contribution in [0.15, 0.2) is 30.5 Å². The number of nitrogens with zero attached hydrogens (tertiary/aromatic N) is 1. The molecule has 106 valence electrons. The van der Waals surface area contributed by atoms with Gasteiger partial charge in [-0.25, -0.2) is 9.37 Å². The van der Waals surface area contributed by atoms with Crippen LogP contribution in [0.3, 0.4) is 0 Å². The summed E-state index contributed by atoms with van der Waals surface area (Å²) in [7, 11) is 0. The second-order valence-electron chi connectivity index (χ2n) is 4.42. The highest BCUT2D eigenvalue weighted by atomic mass is 35.5. The molecule has 0 atom stereocenters. The highest BCUT2D eigenvalue weighted by molar-refractivity contribution is 6.31. The van der Waals surface area contributed by atoms with Crippen LogP contribution in [0.5, 0.6) is 11.6 Å². The van der Waals surface area contributed by atoms with Crippen molar-refractivity contribution in [3.8, 4) is 11.6 Å². The predicted molar refractivity (Wildman–Crippen MR) is 77.8 cm³/mol. The summed E-state index contributed by atoms with van der Waals surface area (Å²) < 4.78 is 18.8. The topological polar surface area (TPSA) is 34.2 Å². The van der Waals surface area contributed by atoms with Crippen molar-refractivity contribution in [2.75, 3.05) is 6.54 Å². The van der Waals surface area contributed by atoms with Gasteiger partial charge in [0.2, 0.25) is 5.88 Å². The first kappa shape index (κ1) is 14.8. The molecule has 0 aliphatic heterocycles. The van der Waals surface area contributed by atoms with Crippen molar-refractivity contribution >= 4 is 11.6 Å². The molecular weight excluding hydrogens is 279 g/mol. The summed E-state index contributed by atoms with van der Waals surface area (Å²) in [5.74, 6) is 0.338. The van der Waals surface area contributed by atoms with Crippen LogP contribution in [-0.2, 0) is 6.54 Å². The summed E-state index contributed by atoms with van der Waals surface area (Å²) >= 11 is 6.14. The first-order valence-corrected chi connectivity index (χ1v) is 6.77. The molecule has 1 aromatic heterocycles. The van der Waals surface area contributed by atoms with E-state index in [9.17, 15) is 4.39 Å². The largest absolute Gasteiger partial charge is 0.437 e. The molecule has 0 radical (unpaired) electrons. The molecule has 5 heteroatoms. The van der Waals surface area contributed by atoms with Gasteiger partial charge < -0.3 is 10.1 Å². The zero-order valence-electron chi connectivity index (χ0n) is 11.4. The van der Waals surface area contributed by atoms with Gasteiger partial charge in [0.15, 0.2) is 0 Å². The fourth-order valence-corrected chi connectivity index (χ4v) is 1.92. The molecule has 1 heterocycles. The second kappa shape index (κ2) is 6.68. The van der Waals surface area contributed by atoms with Crippen molar-refractivity contribution in [2.24, 2.45) is 0 Å². The first-order chi connectivity index (χ1) is 9.60. The number of ether oxygens (including phenoxy) is 1. The molecule has 0 unspecified atom stereocenters. The highest BCUT2D eigenvalue weighted by Crippen LogP contribution is 2.30. The van der Waals surface area contributed by atoms with Gasteiger partial charge in [0, 0.05) is 18.8 Å². The second-order valence-corrected chi connectivity index (χ2v) is 4.83. The van der Waals surface area contributed by atoms with E-state index in [2.05, 4.69) is 10.3 Å². The van der Waals surface area contributed by atoms with Gasteiger partial charge in [-0.3, -0.25) is 0 Å². The van der Waals surface area contributed by atoms with Crippen LogP contribution >= 0.6 is 11.6 Å². The Kier molecular flexibility index (Phi) is 4.93. The number of hydrogen-bond acceptors (Lipinski definition) is 3. The molecule has 0 aliphatic rings. The fourth-order valence-electron chi connectivity index (χ4n) is 1.69.